The highest BCUT2D eigenvalue weighted by Gasteiger charge is 2.15. The van der Waals surface area contributed by atoms with Gasteiger partial charge in [-0.15, -0.1) is 0 Å². The van der Waals surface area contributed by atoms with E-state index in [2.05, 4.69) is 5.32 Å². The van der Waals surface area contributed by atoms with Crippen molar-refractivity contribution >= 4 is 28.5 Å². The summed E-state index contributed by atoms with van der Waals surface area (Å²) in [5, 5.41) is 14.1. The summed E-state index contributed by atoms with van der Waals surface area (Å²) in [7, 11) is 0. The van der Waals surface area contributed by atoms with Crippen LogP contribution in [-0.2, 0) is 0 Å². The average molecular weight is 322 g/mol. The molecule has 1 aromatic heterocycles. The van der Waals surface area contributed by atoms with Crippen LogP contribution in [0.2, 0.25) is 0 Å². The smallest absolute Gasteiger partial charge is 0.349 e. The number of hydrogen-bond acceptors (Lipinski definition) is 5. The highest BCUT2D eigenvalue weighted by Crippen LogP contribution is 2.18. The van der Waals surface area contributed by atoms with E-state index in [1.54, 1.807) is 37.3 Å². The van der Waals surface area contributed by atoms with Crippen molar-refractivity contribution in [3.8, 4) is 0 Å². The third-order valence-electron chi connectivity index (χ3n) is 3.61. The first-order chi connectivity index (χ1) is 11.5. The maximum Gasteiger partial charge on any atom is 0.349 e. The van der Waals surface area contributed by atoms with Crippen molar-refractivity contribution in [3.63, 3.8) is 0 Å². The minimum atomic E-state index is -1.35. The van der Waals surface area contributed by atoms with Gasteiger partial charge in [0.25, 0.3) is 5.91 Å². The molecule has 0 saturated heterocycles. The van der Waals surface area contributed by atoms with Crippen molar-refractivity contribution in [1.82, 2.24) is 0 Å². The molecule has 24 heavy (non-hydrogen) atoms. The molecule has 1 N–H and O–H groups in total. The SMILES string of the molecule is Cc1ccc(C(=O)[O-])cc1NC(=O)c1cc2ccccc2oc1=O. The molecule has 3 rings (SSSR count). The molecule has 0 aliphatic carbocycles. The Bertz CT molecular complexity index is 1020. The van der Waals surface area contributed by atoms with Gasteiger partial charge in [0, 0.05) is 11.1 Å². The molecule has 6 heteroatoms. The molecule has 0 unspecified atom stereocenters. The first-order valence-corrected chi connectivity index (χ1v) is 7.12. The molecule has 120 valence electrons. The Morgan fingerprint density at radius 2 is 1.83 bits per heavy atom. The van der Waals surface area contributed by atoms with E-state index < -0.39 is 17.5 Å². The van der Waals surface area contributed by atoms with E-state index in [4.69, 9.17) is 4.42 Å². The van der Waals surface area contributed by atoms with Gasteiger partial charge in [-0.25, -0.2) is 4.79 Å². The van der Waals surface area contributed by atoms with Gasteiger partial charge in [-0.2, -0.15) is 0 Å². The second-order valence-corrected chi connectivity index (χ2v) is 5.26. The predicted octanol–water partition coefficient (Wildman–Crippen LogP) is 1.72. The lowest BCUT2D eigenvalue weighted by molar-refractivity contribution is -0.255. The number of rotatable bonds is 3. The van der Waals surface area contributed by atoms with Gasteiger partial charge in [-0.1, -0.05) is 30.3 Å². The Morgan fingerprint density at radius 1 is 1.08 bits per heavy atom. The van der Waals surface area contributed by atoms with E-state index in [0.29, 0.717) is 16.5 Å². The van der Waals surface area contributed by atoms with Crippen molar-refractivity contribution in [1.29, 1.82) is 0 Å². The fourth-order valence-corrected chi connectivity index (χ4v) is 2.29. The van der Waals surface area contributed by atoms with E-state index in [9.17, 15) is 19.5 Å². The largest absolute Gasteiger partial charge is 0.545 e. The summed E-state index contributed by atoms with van der Waals surface area (Å²) in [6.07, 6.45) is 0. The van der Waals surface area contributed by atoms with Gasteiger partial charge in [0.2, 0.25) is 0 Å². The number of benzene rings is 2. The Hall–Kier alpha value is -3.41. The van der Waals surface area contributed by atoms with Crippen LogP contribution in [-0.4, -0.2) is 11.9 Å². The summed E-state index contributed by atoms with van der Waals surface area (Å²) < 4.78 is 5.12. The number of anilines is 1. The first kappa shape index (κ1) is 15.5. The predicted molar refractivity (Wildman–Crippen MR) is 85.9 cm³/mol. The number of hydrogen-bond donors (Lipinski definition) is 1. The summed E-state index contributed by atoms with van der Waals surface area (Å²) in [6, 6.07) is 12.5. The molecule has 0 aliphatic rings. The monoisotopic (exact) mass is 322 g/mol. The number of para-hydroxylation sites is 1. The van der Waals surface area contributed by atoms with E-state index in [1.807, 2.05) is 0 Å². The molecule has 6 nitrogen and oxygen atoms in total. The van der Waals surface area contributed by atoms with E-state index in [-0.39, 0.29) is 16.8 Å². The first-order valence-electron chi connectivity index (χ1n) is 7.12. The molecular weight excluding hydrogens is 310 g/mol. The topological polar surface area (TPSA) is 99.4 Å². The van der Waals surface area contributed by atoms with Crippen molar-refractivity contribution in [2.75, 3.05) is 5.32 Å². The van der Waals surface area contributed by atoms with E-state index in [1.165, 1.54) is 18.2 Å². The number of carbonyl (C=O) groups is 2. The number of aromatic carboxylic acids is 1. The molecule has 0 saturated carbocycles. The average Bonchev–Trinajstić information content (AvgIpc) is 2.55. The van der Waals surface area contributed by atoms with Gasteiger partial charge >= 0.3 is 5.63 Å². The van der Waals surface area contributed by atoms with Crippen molar-refractivity contribution in [2.24, 2.45) is 0 Å². The van der Waals surface area contributed by atoms with Gasteiger partial charge < -0.3 is 19.6 Å². The Balaban J connectivity index is 1.99. The maximum absolute atomic E-state index is 12.4. The van der Waals surface area contributed by atoms with Crippen LogP contribution < -0.4 is 16.0 Å². The standard InChI is InChI=1S/C18H13NO5/c1-10-6-7-12(17(21)22)9-14(10)19-16(20)13-8-11-4-2-3-5-15(11)24-18(13)23/h2-9H,1H3,(H,19,20)(H,21,22)/p-1. The summed E-state index contributed by atoms with van der Waals surface area (Å²) in [4.78, 5) is 35.3. The normalized spacial score (nSPS) is 10.5. The fourth-order valence-electron chi connectivity index (χ4n) is 2.29. The molecule has 0 spiro atoms. The van der Waals surface area contributed by atoms with Crippen LogP contribution in [0.15, 0.2) is 57.7 Å². The number of carbonyl (C=O) groups excluding carboxylic acids is 2. The van der Waals surface area contributed by atoms with Crippen LogP contribution in [0.4, 0.5) is 5.69 Å². The third-order valence-corrected chi connectivity index (χ3v) is 3.61. The fraction of sp³-hybridized carbons (Fsp3) is 0.0556. The second-order valence-electron chi connectivity index (χ2n) is 5.26. The Morgan fingerprint density at radius 3 is 2.58 bits per heavy atom. The van der Waals surface area contributed by atoms with Gasteiger partial charge in [0.1, 0.15) is 11.1 Å². The van der Waals surface area contributed by atoms with Crippen LogP contribution in [0.3, 0.4) is 0 Å². The Labute approximate surface area is 136 Å². The van der Waals surface area contributed by atoms with Gasteiger partial charge in [0.05, 0.1) is 5.97 Å². The lowest BCUT2D eigenvalue weighted by atomic mass is 10.1. The van der Waals surface area contributed by atoms with Crippen LogP contribution in [0.25, 0.3) is 11.0 Å². The van der Waals surface area contributed by atoms with Crippen LogP contribution in [0.5, 0.6) is 0 Å². The molecule has 0 radical (unpaired) electrons. The number of carboxylic acids is 1. The number of aryl methyl sites for hydroxylation is 1. The molecule has 2 aromatic carbocycles. The van der Waals surface area contributed by atoms with Crippen molar-refractivity contribution < 1.29 is 19.1 Å². The zero-order chi connectivity index (χ0) is 17.3. The summed E-state index contributed by atoms with van der Waals surface area (Å²) in [5.74, 6) is -2.02. The summed E-state index contributed by atoms with van der Waals surface area (Å²) in [5.41, 5.74) is 0.329. The highest BCUT2D eigenvalue weighted by molar-refractivity contribution is 6.06. The van der Waals surface area contributed by atoms with Gasteiger partial charge in [-0.05, 0) is 36.2 Å². The minimum absolute atomic E-state index is 0.0681. The van der Waals surface area contributed by atoms with E-state index in [0.717, 1.165) is 0 Å². The molecule has 1 amide bonds. The number of carboxylic acid groups (broad SMARTS) is 1. The molecule has 0 aliphatic heterocycles. The second kappa shape index (κ2) is 6.00. The summed E-state index contributed by atoms with van der Waals surface area (Å²) >= 11 is 0. The van der Waals surface area contributed by atoms with Gasteiger partial charge in [0.15, 0.2) is 0 Å². The lowest BCUT2D eigenvalue weighted by Gasteiger charge is -2.11. The lowest BCUT2D eigenvalue weighted by Crippen LogP contribution is -2.24. The summed E-state index contributed by atoms with van der Waals surface area (Å²) in [6.45, 7) is 1.71. The molecule has 1 heterocycles. The van der Waals surface area contributed by atoms with Gasteiger partial charge in [-0.3, -0.25) is 4.79 Å². The molecule has 0 atom stereocenters. The van der Waals surface area contributed by atoms with Crippen LogP contribution >= 0.6 is 0 Å². The molecule has 3 aromatic rings. The van der Waals surface area contributed by atoms with Crippen LogP contribution in [0, 0.1) is 6.92 Å². The molecular formula is C18H12NO5-. The maximum atomic E-state index is 12.4. The Kier molecular flexibility index (Phi) is 3.87. The van der Waals surface area contributed by atoms with E-state index >= 15 is 0 Å². The highest BCUT2D eigenvalue weighted by atomic mass is 16.4. The third kappa shape index (κ3) is 2.89. The molecule has 0 fully saturated rings. The van der Waals surface area contributed by atoms with Crippen LogP contribution in [0.1, 0.15) is 26.3 Å². The number of fused-ring (bicyclic) bond motifs is 1. The minimum Gasteiger partial charge on any atom is -0.545 e. The quantitative estimate of drug-likeness (QED) is 0.740. The van der Waals surface area contributed by atoms with Crippen molar-refractivity contribution in [2.45, 2.75) is 6.92 Å². The molecule has 0 bridgehead atoms. The number of nitrogens with one attached hydrogen (secondary N) is 1. The number of amides is 1. The zero-order valence-corrected chi connectivity index (χ0v) is 12.7. The zero-order valence-electron chi connectivity index (χ0n) is 12.7. The van der Waals surface area contributed by atoms with Crippen molar-refractivity contribution in [3.05, 3.63) is 75.6 Å².